The molecule has 0 saturated heterocycles. The Balaban J connectivity index is 1.99. The summed E-state index contributed by atoms with van der Waals surface area (Å²) in [6.07, 6.45) is -0.956. The van der Waals surface area contributed by atoms with Gasteiger partial charge in [0, 0.05) is 29.2 Å². The van der Waals surface area contributed by atoms with Gasteiger partial charge in [0.15, 0.2) is 6.29 Å². The van der Waals surface area contributed by atoms with E-state index in [9.17, 15) is 14.7 Å². The second kappa shape index (κ2) is 5.91. The Hall–Kier alpha value is -2.83. The molecular formula is C19H16N2O4. The van der Waals surface area contributed by atoms with Crippen LogP contribution in [0.3, 0.4) is 0 Å². The van der Waals surface area contributed by atoms with Crippen molar-refractivity contribution in [2.75, 3.05) is 7.11 Å². The van der Waals surface area contributed by atoms with Gasteiger partial charge >= 0.3 is 0 Å². The number of carbonyl (C=O) groups excluding carboxylic acids is 1. The topological polar surface area (TPSA) is 81.4 Å². The molecule has 0 radical (unpaired) electrons. The summed E-state index contributed by atoms with van der Waals surface area (Å²) < 4.78 is 6.70. The summed E-state index contributed by atoms with van der Waals surface area (Å²) in [6.45, 7) is 0.445. The first kappa shape index (κ1) is 15.7. The van der Waals surface area contributed by atoms with E-state index in [4.69, 9.17) is 4.74 Å². The maximum atomic E-state index is 12.9. The third kappa shape index (κ3) is 2.38. The van der Waals surface area contributed by atoms with Gasteiger partial charge in [0.2, 0.25) is 0 Å². The van der Waals surface area contributed by atoms with Gasteiger partial charge in [0.1, 0.15) is 6.10 Å². The summed E-state index contributed by atoms with van der Waals surface area (Å²) in [5.74, 6) is 0. The smallest absolute Gasteiger partial charge is 0.257 e. The highest BCUT2D eigenvalue weighted by Gasteiger charge is 2.26. The number of aliphatic hydroxyl groups is 1. The predicted molar refractivity (Wildman–Crippen MR) is 92.3 cm³/mol. The van der Waals surface area contributed by atoms with E-state index in [0.29, 0.717) is 29.8 Å². The van der Waals surface area contributed by atoms with E-state index >= 15 is 0 Å². The van der Waals surface area contributed by atoms with Crippen LogP contribution in [-0.2, 0) is 22.7 Å². The van der Waals surface area contributed by atoms with Crippen LogP contribution in [0, 0.1) is 0 Å². The van der Waals surface area contributed by atoms with Gasteiger partial charge in [-0.1, -0.05) is 18.2 Å². The van der Waals surface area contributed by atoms with Gasteiger partial charge in [-0.2, -0.15) is 0 Å². The molecule has 0 saturated carbocycles. The molecule has 25 heavy (non-hydrogen) atoms. The Morgan fingerprint density at radius 2 is 2.16 bits per heavy atom. The molecule has 2 aromatic heterocycles. The largest absolute Gasteiger partial charge is 0.381 e. The Morgan fingerprint density at radius 3 is 2.92 bits per heavy atom. The molecule has 0 fully saturated rings. The fourth-order valence-corrected chi connectivity index (χ4v) is 3.36. The van der Waals surface area contributed by atoms with E-state index in [0.717, 1.165) is 16.5 Å². The number of fused-ring (bicyclic) bond motifs is 4. The van der Waals surface area contributed by atoms with Crippen molar-refractivity contribution in [3.63, 3.8) is 0 Å². The Labute approximate surface area is 143 Å². The molecular weight excluding hydrogens is 320 g/mol. The highest BCUT2D eigenvalue weighted by atomic mass is 16.5. The number of hydrogen-bond acceptors (Lipinski definition) is 5. The number of nitrogens with zero attached hydrogens (tertiary/aromatic N) is 2. The summed E-state index contributed by atoms with van der Waals surface area (Å²) in [5.41, 5.74) is 3.40. The van der Waals surface area contributed by atoms with Crippen molar-refractivity contribution < 1.29 is 14.6 Å². The number of aromatic nitrogens is 2. The third-order valence-corrected chi connectivity index (χ3v) is 4.54. The van der Waals surface area contributed by atoms with Crippen molar-refractivity contribution in [3.05, 3.63) is 63.4 Å². The third-order valence-electron chi connectivity index (χ3n) is 4.54. The molecule has 6 heteroatoms. The standard InChI is InChI=1S/C19H16N2O4/c1-25-10-14-13(17(23)9-22)7-16-18-12(8-21(16)19(14)24)6-11-4-2-3-5-15(11)20-18/h2-7,9,17,23H,8,10H2,1H3. The molecule has 1 atom stereocenters. The Bertz CT molecular complexity index is 1060. The summed E-state index contributed by atoms with van der Waals surface area (Å²) in [7, 11) is 1.47. The lowest BCUT2D eigenvalue weighted by Crippen LogP contribution is -2.26. The molecule has 1 N–H and O–H groups in total. The van der Waals surface area contributed by atoms with Gasteiger partial charge in [-0.15, -0.1) is 0 Å². The predicted octanol–water partition coefficient (Wildman–Crippen LogP) is 1.80. The lowest BCUT2D eigenvalue weighted by Gasteiger charge is -2.14. The lowest BCUT2D eigenvalue weighted by atomic mass is 10.0. The van der Waals surface area contributed by atoms with Crippen molar-refractivity contribution in [1.82, 2.24) is 9.55 Å². The van der Waals surface area contributed by atoms with Crippen LogP contribution in [0.5, 0.6) is 0 Å². The van der Waals surface area contributed by atoms with Crippen LogP contribution in [-0.4, -0.2) is 28.1 Å². The number of methoxy groups -OCH3 is 1. The second-order valence-electron chi connectivity index (χ2n) is 6.06. The van der Waals surface area contributed by atoms with Crippen LogP contribution >= 0.6 is 0 Å². The average molecular weight is 336 g/mol. The zero-order chi connectivity index (χ0) is 17.6. The molecule has 6 nitrogen and oxygen atoms in total. The van der Waals surface area contributed by atoms with Gasteiger partial charge in [-0.05, 0) is 18.2 Å². The lowest BCUT2D eigenvalue weighted by molar-refractivity contribution is -0.115. The Morgan fingerprint density at radius 1 is 1.36 bits per heavy atom. The van der Waals surface area contributed by atoms with Crippen molar-refractivity contribution in [1.29, 1.82) is 0 Å². The van der Waals surface area contributed by atoms with Crippen LogP contribution in [0.1, 0.15) is 22.8 Å². The first-order valence-electron chi connectivity index (χ1n) is 7.92. The number of hydrogen-bond donors (Lipinski definition) is 1. The number of pyridine rings is 2. The van der Waals surface area contributed by atoms with Crippen LogP contribution in [0.4, 0.5) is 0 Å². The van der Waals surface area contributed by atoms with Crippen LogP contribution in [0.25, 0.3) is 22.3 Å². The molecule has 126 valence electrons. The molecule has 3 heterocycles. The van der Waals surface area contributed by atoms with E-state index in [1.807, 2.05) is 30.3 Å². The monoisotopic (exact) mass is 336 g/mol. The van der Waals surface area contributed by atoms with Crippen molar-refractivity contribution in [3.8, 4) is 11.4 Å². The molecule has 0 aliphatic carbocycles. The van der Waals surface area contributed by atoms with E-state index in [1.54, 1.807) is 10.6 Å². The zero-order valence-corrected chi connectivity index (χ0v) is 13.6. The fraction of sp³-hybridized carbons (Fsp3) is 0.211. The molecule has 0 bridgehead atoms. The van der Waals surface area contributed by atoms with E-state index < -0.39 is 6.10 Å². The summed E-state index contributed by atoms with van der Waals surface area (Å²) in [4.78, 5) is 28.6. The highest BCUT2D eigenvalue weighted by molar-refractivity contribution is 5.84. The molecule has 1 unspecified atom stereocenters. The minimum Gasteiger partial charge on any atom is -0.381 e. The number of para-hydroxylation sites is 1. The fourth-order valence-electron chi connectivity index (χ4n) is 3.36. The zero-order valence-electron chi connectivity index (χ0n) is 13.6. The summed E-state index contributed by atoms with van der Waals surface area (Å²) in [6, 6.07) is 11.4. The normalized spacial score (nSPS) is 13.5. The van der Waals surface area contributed by atoms with Crippen LogP contribution in [0.15, 0.2) is 41.2 Å². The number of ether oxygens (including phenoxy) is 1. The van der Waals surface area contributed by atoms with Crippen LogP contribution < -0.4 is 5.56 Å². The quantitative estimate of drug-likeness (QED) is 0.575. The molecule has 0 amide bonds. The molecule has 1 aliphatic rings. The number of aliphatic hydroxyl groups excluding tert-OH is 1. The van der Waals surface area contributed by atoms with Gasteiger partial charge in [0.05, 0.1) is 30.1 Å². The average Bonchev–Trinajstić information content (AvgIpc) is 2.99. The number of aldehydes is 1. The molecule has 1 aliphatic heterocycles. The van der Waals surface area contributed by atoms with Crippen molar-refractivity contribution in [2.45, 2.75) is 19.3 Å². The number of rotatable bonds is 4. The summed E-state index contributed by atoms with van der Waals surface area (Å²) >= 11 is 0. The molecule has 0 spiro atoms. The maximum absolute atomic E-state index is 12.9. The van der Waals surface area contributed by atoms with E-state index in [1.165, 1.54) is 7.11 Å². The molecule has 3 aromatic rings. The van der Waals surface area contributed by atoms with Gasteiger partial charge in [-0.25, -0.2) is 4.98 Å². The van der Waals surface area contributed by atoms with Gasteiger partial charge < -0.3 is 19.2 Å². The van der Waals surface area contributed by atoms with Crippen molar-refractivity contribution >= 4 is 17.2 Å². The molecule has 1 aromatic carbocycles. The first-order chi connectivity index (χ1) is 12.1. The highest BCUT2D eigenvalue weighted by Crippen LogP contribution is 2.33. The first-order valence-corrected chi connectivity index (χ1v) is 7.92. The number of carbonyl (C=O) groups is 1. The van der Waals surface area contributed by atoms with E-state index in [2.05, 4.69) is 4.98 Å². The summed E-state index contributed by atoms with van der Waals surface area (Å²) in [5, 5.41) is 11.0. The van der Waals surface area contributed by atoms with Crippen LogP contribution in [0.2, 0.25) is 0 Å². The molecule has 4 rings (SSSR count). The Kier molecular flexibility index (Phi) is 3.71. The minimum absolute atomic E-state index is 0.0328. The van der Waals surface area contributed by atoms with E-state index in [-0.39, 0.29) is 17.7 Å². The SMILES string of the molecule is COCc1c(C(O)C=O)cc2n(c1=O)Cc1cc3ccccc3nc1-2. The minimum atomic E-state index is -1.37. The van der Waals surface area contributed by atoms with Gasteiger partial charge in [0.25, 0.3) is 5.56 Å². The maximum Gasteiger partial charge on any atom is 0.257 e. The number of benzene rings is 1. The second-order valence-corrected chi connectivity index (χ2v) is 6.06. The van der Waals surface area contributed by atoms with Crippen molar-refractivity contribution in [2.24, 2.45) is 0 Å². The van der Waals surface area contributed by atoms with Gasteiger partial charge in [-0.3, -0.25) is 4.79 Å².